The minimum Gasteiger partial charge on any atom is -0.327 e. The second kappa shape index (κ2) is 8.35. The highest BCUT2D eigenvalue weighted by Crippen LogP contribution is 2.27. The average Bonchev–Trinajstić information content (AvgIpc) is 2.68. The van der Waals surface area contributed by atoms with Crippen LogP contribution in [0, 0.1) is 12.8 Å². The molecule has 1 aliphatic carbocycles. The molecule has 1 amide bonds. The Hall–Kier alpha value is -0.840. The molecule has 1 aromatic heterocycles. The van der Waals surface area contributed by atoms with Crippen LogP contribution in [0.4, 0.5) is 5.69 Å². The number of carbonyl (C=O) groups is 1. The predicted octanol–water partition coefficient (Wildman–Crippen LogP) is 2.69. The van der Waals surface area contributed by atoms with Crippen molar-refractivity contribution in [3.63, 3.8) is 0 Å². The summed E-state index contributed by atoms with van der Waals surface area (Å²) in [6, 6.07) is 2.02. The maximum absolute atomic E-state index is 11.9. The Labute approximate surface area is 126 Å². The van der Waals surface area contributed by atoms with Crippen molar-refractivity contribution in [2.45, 2.75) is 38.6 Å². The minimum absolute atomic E-state index is 0. The Morgan fingerprint density at radius 2 is 2.21 bits per heavy atom. The molecule has 1 heterocycles. The SMILES string of the molecule is Cc1cnccc1NC(=O)C[C@@H]1CCC[C@H]1N.Cl.Cl. The van der Waals surface area contributed by atoms with Crippen LogP contribution in [0.25, 0.3) is 0 Å². The van der Waals surface area contributed by atoms with Crippen molar-refractivity contribution in [3.05, 3.63) is 24.0 Å². The van der Waals surface area contributed by atoms with E-state index in [0.29, 0.717) is 12.3 Å². The molecular formula is C13H21Cl2N3O. The van der Waals surface area contributed by atoms with Crippen molar-refractivity contribution in [2.75, 3.05) is 5.32 Å². The lowest BCUT2D eigenvalue weighted by molar-refractivity contribution is -0.117. The number of aromatic nitrogens is 1. The van der Waals surface area contributed by atoms with Crippen LogP contribution in [0.5, 0.6) is 0 Å². The summed E-state index contributed by atoms with van der Waals surface area (Å²) in [5, 5.41) is 2.92. The number of nitrogens with one attached hydrogen (secondary N) is 1. The van der Waals surface area contributed by atoms with E-state index in [1.807, 2.05) is 13.0 Å². The Kier molecular flexibility index (Phi) is 7.99. The van der Waals surface area contributed by atoms with Gasteiger partial charge >= 0.3 is 0 Å². The van der Waals surface area contributed by atoms with E-state index in [-0.39, 0.29) is 36.8 Å². The number of nitrogens with two attached hydrogens (primary N) is 1. The van der Waals surface area contributed by atoms with E-state index < -0.39 is 0 Å². The molecule has 0 bridgehead atoms. The number of anilines is 1. The molecule has 2 atom stereocenters. The second-order valence-corrected chi connectivity index (χ2v) is 4.80. The van der Waals surface area contributed by atoms with Crippen molar-refractivity contribution >= 4 is 36.4 Å². The van der Waals surface area contributed by atoms with Gasteiger partial charge < -0.3 is 11.1 Å². The molecule has 3 N–H and O–H groups in total. The first-order valence-electron chi connectivity index (χ1n) is 6.13. The van der Waals surface area contributed by atoms with Crippen LogP contribution in [0.3, 0.4) is 0 Å². The lowest BCUT2D eigenvalue weighted by Crippen LogP contribution is -2.28. The van der Waals surface area contributed by atoms with E-state index in [9.17, 15) is 4.79 Å². The highest BCUT2D eigenvalue weighted by atomic mass is 35.5. The molecule has 0 aromatic carbocycles. The van der Waals surface area contributed by atoms with Gasteiger partial charge in [0, 0.05) is 30.5 Å². The third-order valence-corrected chi connectivity index (χ3v) is 3.46. The summed E-state index contributed by atoms with van der Waals surface area (Å²) in [6.07, 6.45) is 7.23. The van der Waals surface area contributed by atoms with Crippen molar-refractivity contribution in [1.29, 1.82) is 0 Å². The van der Waals surface area contributed by atoms with Crippen LogP contribution in [0.2, 0.25) is 0 Å². The van der Waals surface area contributed by atoms with Gasteiger partial charge in [-0.05, 0) is 37.3 Å². The van der Waals surface area contributed by atoms with Gasteiger partial charge in [0.05, 0.1) is 0 Å². The summed E-state index contributed by atoms with van der Waals surface area (Å²) in [7, 11) is 0. The van der Waals surface area contributed by atoms with E-state index in [2.05, 4.69) is 10.3 Å². The number of pyridine rings is 1. The molecule has 0 spiro atoms. The zero-order valence-electron chi connectivity index (χ0n) is 11.0. The first-order valence-corrected chi connectivity index (χ1v) is 6.13. The lowest BCUT2D eigenvalue weighted by atomic mass is 10.00. The molecule has 4 nitrogen and oxygen atoms in total. The molecule has 0 unspecified atom stereocenters. The summed E-state index contributed by atoms with van der Waals surface area (Å²) in [5.74, 6) is 0.402. The quantitative estimate of drug-likeness (QED) is 0.902. The Morgan fingerprint density at radius 1 is 1.47 bits per heavy atom. The van der Waals surface area contributed by atoms with E-state index in [1.165, 1.54) is 0 Å². The second-order valence-electron chi connectivity index (χ2n) is 4.80. The smallest absolute Gasteiger partial charge is 0.224 e. The fourth-order valence-electron chi connectivity index (χ4n) is 2.37. The largest absolute Gasteiger partial charge is 0.327 e. The maximum Gasteiger partial charge on any atom is 0.224 e. The summed E-state index contributed by atoms with van der Waals surface area (Å²) < 4.78 is 0. The zero-order chi connectivity index (χ0) is 12.3. The van der Waals surface area contributed by atoms with Crippen molar-refractivity contribution in [1.82, 2.24) is 4.98 Å². The van der Waals surface area contributed by atoms with Crippen LogP contribution in [-0.4, -0.2) is 16.9 Å². The van der Waals surface area contributed by atoms with Gasteiger partial charge in [0.1, 0.15) is 0 Å². The molecule has 0 aliphatic heterocycles. The Morgan fingerprint density at radius 3 is 2.79 bits per heavy atom. The van der Waals surface area contributed by atoms with Crippen molar-refractivity contribution < 1.29 is 4.79 Å². The number of carbonyl (C=O) groups excluding carboxylic acids is 1. The van der Waals surface area contributed by atoms with Gasteiger partial charge in [-0.2, -0.15) is 0 Å². The summed E-state index contributed by atoms with van der Waals surface area (Å²) in [5.41, 5.74) is 7.79. The third kappa shape index (κ3) is 4.97. The Bertz CT molecular complexity index is 415. The van der Waals surface area contributed by atoms with E-state index >= 15 is 0 Å². The molecule has 108 valence electrons. The molecule has 19 heavy (non-hydrogen) atoms. The summed E-state index contributed by atoms with van der Waals surface area (Å²) in [6.45, 7) is 1.93. The summed E-state index contributed by atoms with van der Waals surface area (Å²) in [4.78, 5) is 15.9. The fourth-order valence-corrected chi connectivity index (χ4v) is 2.37. The van der Waals surface area contributed by atoms with Gasteiger partial charge in [0.2, 0.25) is 5.91 Å². The first-order chi connectivity index (χ1) is 8.16. The number of aryl methyl sites for hydroxylation is 1. The first kappa shape index (κ1) is 18.2. The predicted molar refractivity (Wildman–Crippen MR) is 82.0 cm³/mol. The highest BCUT2D eigenvalue weighted by Gasteiger charge is 2.26. The van der Waals surface area contributed by atoms with Crippen LogP contribution in [-0.2, 0) is 4.79 Å². The number of rotatable bonds is 3. The zero-order valence-corrected chi connectivity index (χ0v) is 12.6. The topological polar surface area (TPSA) is 68.0 Å². The fraction of sp³-hybridized carbons (Fsp3) is 0.538. The van der Waals surface area contributed by atoms with Gasteiger partial charge in [0.15, 0.2) is 0 Å². The van der Waals surface area contributed by atoms with Crippen molar-refractivity contribution in [3.8, 4) is 0 Å². The lowest BCUT2D eigenvalue weighted by Gasteiger charge is -2.15. The van der Waals surface area contributed by atoms with E-state index in [0.717, 1.165) is 30.5 Å². The average molecular weight is 306 g/mol. The maximum atomic E-state index is 11.9. The molecule has 0 saturated heterocycles. The number of nitrogens with zero attached hydrogens (tertiary/aromatic N) is 1. The monoisotopic (exact) mass is 305 g/mol. The normalized spacial score (nSPS) is 21.2. The van der Waals surface area contributed by atoms with Gasteiger partial charge in [-0.15, -0.1) is 24.8 Å². The van der Waals surface area contributed by atoms with Gasteiger partial charge in [0.25, 0.3) is 0 Å². The Balaban J connectivity index is 0.00000162. The molecule has 1 fully saturated rings. The summed E-state index contributed by atoms with van der Waals surface area (Å²) >= 11 is 0. The molecule has 6 heteroatoms. The number of amides is 1. The highest BCUT2D eigenvalue weighted by molar-refractivity contribution is 5.91. The van der Waals surface area contributed by atoms with E-state index in [4.69, 9.17) is 5.73 Å². The van der Waals surface area contributed by atoms with Crippen LogP contribution >= 0.6 is 24.8 Å². The van der Waals surface area contributed by atoms with Crippen LogP contribution in [0.15, 0.2) is 18.5 Å². The molecule has 1 aromatic rings. The standard InChI is InChI=1S/C13H19N3O.2ClH/c1-9-8-15-6-5-12(9)16-13(17)7-10-3-2-4-11(10)14;;/h5-6,8,10-11H,2-4,7,14H2,1H3,(H,15,16,17);2*1H/t10-,11+;;/m0../s1. The minimum atomic E-state index is 0. The van der Waals surface area contributed by atoms with Gasteiger partial charge in [-0.3, -0.25) is 9.78 Å². The number of hydrogen-bond acceptors (Lipinski definition) is 3. The van der Waals surface area contributed by atoms with Crippen molar-refractivity contribution in [2.24, 2.45) is 11.7 Å². The van der Waals surface area contributed by atoms with Gasteiger partial charge in [-0.1, -0.05) is 6.42 Å². The molecule has 1 aliphatic rings. The molecule has 0 radical (unpaired) electrons. The molecule has 2 rings (SSSR count). The van der Waals surface area contributed by atoms with Gasteiger partial charge in [-0.25, -0.2) is 0 Å². The number of hydrogen-bond donors (Lipinski definition) is 2. The van der Waals surface area contributed by atoms with E-state index in [1.54, 1.807) is 12.4 Å². The molecule has 1 saturated carbocycles. The van der Waals surface area contributed by atoms with Crippen LogP contribution < -0.4 is 11.1 Å². The van der Waals surface area contributed by atoms with Crippen LogP contribution in [0.1, 0.15) is 31.2 Å². The number of halogens is 2. The molecular weight excluding hydrogens is 285 g/mol. The third-order valence-electron chi connectivity index (χ3n) is 3.46.